The van der Waals surface area contributed by atoms with Crippen molar-refractivity contribution in [3.63, 3.8) is 0 Å². The van der Waals surface area contributed by atoms with E-state index < -0.39 is 16.0 Å². The summed E-state index contributed by atoms with van der Waals surface area (Å²) >= 11 is 0. The summed E-state index contributed by atoms with van der Waals surface area (Å²) in [5.74, 6) is -0.539. The number of rotatable bonds is 4. The molecule has 8 heteroatoms. The Kier molecular flexibility index (Phi) is 6.20. The lowest BCUT2D eigenvalue weighted by Gasteiger charge is -2.22. The van der Waals surface area contributed by atoms with E-state index in [0.29, 0.717) is 25.2 Å². The largest absolute Gasteiger partial charge is 0.465 e. The molecule has 6 nitrogen and oxygen atoms in total. The molecule has 1 heterocycles. The number of carbonyl (C=O) groups is 1. The quantitative estimate of drug-likeness (QED) is 0.821. The second kappa shape index (κ2) is 7.17. The molecule has 0 radical (unpaired) electrons. The Bertz CT molecular complexity index is 693. The van der Waals surface area contributed by atoms with Gasteiger partial charge >= 0.3 is 5.97 Å². The van der Waals surface area contributed by atoms with Gasteiger partial charge in [-0.2, -0.15) is 4.31 Å². The molecule has 2 N–H and O–H groups in total. The van der Waals surface area contributed by atoms with Crippen molar-refractivity contribution in [2.24, 2.45) is 11.1 Å². The minimum absolute atomic E-state index is 0. The molecule has 1 unspecified atom stereocenters. The van der Waals surface area contributed by atoms with Crippen LogP contribution in [0.25, 0.3) is 0 Å². The zero-order valence-corrected chi connectivity index (χ0v) is 15.2. The van der Waals surface area contributed by atoms with Gasteiger partial charge in [0.15, 0.2) is 0 Å². The first kappa shape index (κ1) is 19.9. The van der Waals surface area contributed by atoms with Gasteiger partial charge in [0.25, 0.3) is 0 Å². The monoisotopic (exact) mass is 362 g/mol. The first-order valence-corrected chi connectivity index (χ1v) is 8.57. The van der Waals surface area contributed by atoms with Crippen LogP contribution in [-0.2, 0) is 14.8 Å². The van der Waals surface area contributed by atoms with Crippen LogP contribution in [0.3, 0.4) is 0 Å². The predicted molar refractivity (Wildman–Crippen MR) is 90.3 cm³/mol. The molecule has 1 fully saturated rings. The minimum Gasteiger partial charge on any atom is -0.465 e. The van der Waals surface area contributed by atoms with Crippen molar-refractivity contribution < 1.29 is 17.9 Å². The van der Waals surface area contributed by atoms with E-state index in [0.717, 1.165) is 6.42 Å². The lowest BCUT2D eigenvalue weighted by atomic mass is 9.90. The summed E-state index contributed by atoms with van der Waals surface area (Å²) in [5.41, 5.74) is 6.49. The van der Waals surface area contributed by atoms with Crippen molar-refractivity contribution >= 4 is 28.4 Å². The molecule has 1 aliphatic heterocycles. The zero-order chi connectivity index (χ0) is 16.5. The molecule has 1 aromatic carbocycles. The summed E-state index contributed by atoms with van der Waals surface area (Å²) in [6, 6.07) is 4.53. The van der Waals surface area contributed by atoms with E-state index in [1.807, 2.05) is 6.92 Å². The summed E-state index contributed by atoms with van der Waals surface area (Å²) < 4.78 is 31.6. The number of benzene rings is 1. The standard InChI is InChI=1S/C15H22N2O4S.ClH/c1-11-4-5-12(8-13(11)14(18)21-3)22(19,20)17-7-6-15(2,9-16)10-17;/h4-5,8H,6-7,9-10,16H2,1-3H3;1H. The van der Waals surface area contributed by atoms with Crippen molar-refractivity contribution in [1.82, 2.24) is 4.31 Å². The molecule has 0 aromatic heterocycles. The van der Waals surface area contributed by atoms with Crippen LogP contribution < -0.4 is 5.73 Å². The molecule has 0 spiro atoms. The van der Waals surface area contributed by atoms with Gasteiger partial charge in [0, 0.05) is 13.1 Å². The Morgan fingerprint density at radius 2 is 2.09 bits per heavy atom. The van der Waals surface area contributed by atoms with E-state index in [1.165, 1.54) is 23.5 Å². The Balaban J connectivity index is 0.00000264. The average molecular weight is 363 g/mol. The van der Waals surface area contributed by atoms with E-state index in [-0.39, 0.29) is 28.3 Å². The van der Waals surface area contributed by atoms with E-state index in [2.05, 4.69) is 0 Å². The normalized spacial score (nSPS) is 21.7. The number of carbonyl (C=O) groups excluding carboxylic acids is 1. The molecular formula is C15H23ClN2O4S. The maximum atomic E-state index is 12.7. The van der Waals surface area contributed by atoms with Gasteiger partial charge in [0.2, 0.25) is 10.0 Å². The average Bonchev–Trinajstić information content (AvgIpc) is 2.91. The van der Waals surface area contributed by atoms with E-state index in [1.54, 1.807) is 13.0 Å². The van der Waals surface area contributed by atoms with E-state index in [4.69, 9.17) is 10.5 Å². The number of hydrogen-bond acceptors (Lipinski definition) is 5. The van der Waals surface area contributed by atoms with Gasteiger partial charge < -0.3 is 10.5 Å². The summed E-state index contributed by atoms with van der Waals surface area (Å²) in [4.78, 5) is 11.8. The van der Waals surface area contributed by atoms with Crippen LogP contribution >= 0.6 is 12.4 Å². The van der Waals surface area contributed by atoms with Crippen molar-refractivity contribution in [2.75, 3.05) is 26.7 Å². The number of methoxy groups -OCH3 is 1. The Morgan fingerprint density at radius 3 is 2.61 bits per heavy atom. The second-order valence-electron chi connectivity index (χ2n) is 6.07. The summed E-state index contributed by atoms with van der Waals surface area (Å²) in [6.07, 6.45) is 0.735. The number of nitrogens with two attached hydrogens (primary N) is 1. The molecule has 1 saturated heterocycles. The molecule has 0 saturated carbocycles. The highest BCUT2D eigenvalue weighted by molar-refractivity contribution is 7.89. The third-order valence-corrected chi connectivity index (χ3v) is 6.11. The molecule has 1 aliphatic rings. The smallest absolute Gasteiger partial charge is 0.338 e. The number of esters is 1. The topological polar surface area (TPSA) is 89.7 Å². The first-order valence-electron chi connectivity index (χ1n) is 7.13. The van der Waals surface area contributed by atoms with Gasteiger partial charge in [-0.3, -0.25) is 0 Å². The third kappa shape index (κ3) is 3.85. The molecular weight excluding hydrogens is 340 g/mol. The molecule has 0 bridgehead atoms. The van der Waals surface area contributed by atoms with Crippen LogP contribution in [0.5, 0.6) is 0 Å². The molecule has 0 aliphatic carbocycles. The number of aryl methyl sites for hydroxylation is 1. The van der Waals surface area contributed by atoms with E-state index in [9.17, 15) is 13.2 Å². The van der Waals surface area contributed by atoms with Gasteiger partial charge in [0.1, 0.15) is 0 Å². The van der Waals surface area contributed by atoms with Crippen LogP contribution in [0.4, 0.5) is 0 Å². The third-order valence-electron chi connectivity index (χ3n) is 4.27. The fourth-order valence-corrected chi connectivity index (χ4v) is 4.21. The fourth-order valence-electron chi connectivity index (χ4n) is 2.59. The van der Waals surface area contributed by atoms with Crippen LogP contribution in [0, 0.1) is 12.3 Å². The number of nitrogens with zero attached hydrogens (tertiary/aromatic N) is 1. The van der Waals surface area contributed by atoms with Gasteiger partial charge in [-0.1, -0.05) is 13.0 Å². The van der Waals surface area contributed by atoms with Crippen molar-refractivity contribution in [1.29, 1.82) is 0 Å². The Hall–Kier alpha value is -1.15. The van der Waals surface area contributed by atoms with Crippen LogP contribution in [0.1, 0.15) is 29.3 Å². The van der Waals surface area contributed by atoms with Crippen LogP contribution in [-0.4, -0.2) is 45.4 Å². The Morgan fingerprint density at radius 1 is 1.43 bits per heavy atom. The van der Waals surface area contributed by atoms with Gasteiger partial charge in [-0.25, -0.2) is 13.2 Å². The van der Waals surface area contributed by atoms with Crippen LogP contribution in [0.2, 0.25) is 0 Å². The lowest BCUT2D eigenvalue weighted by molar-refractivity contribution is 0.0599. The highest BCUT2D eigenvalue weighted by Crippen LogP contribution is 2.32. The van der Waals surface area contributed by atoms with E-state index >= 15 is 0 Å². The fraction of sp³-hybridized carbons (Fsp3) is 0.533. The molecule has 0 amide bonds. The summed E-state index contributed by atoms with van der Waals surface area (Å²) in [5, 5.41) is 0. The van der Waals surface area contributed by atoms with Crippen molar-refractivity contribution in [3.05, 3.63) is 29.3 Å². The molecule has 1 atom stereocenters. The van der Waals surface area contributed by atoms with Crippen LogP contribution in [0.15, 0.2) is 23.1 Å². The number of sulfonamides is 1. The minimum atomic E-state index is -3.63. The molecule has 1 aromatic rings. The number of halogens is 1. The molecule has 2 rings (SSSR count). The number of hydrogen-bond donors (Lipinski definition) is 1. The SMILES string of the molecule is COC(=O)c1cc(S(=O)(=O)N2CCC(C)(CN)C2)ccc1C.Cl. The zero-order valence-electron chi connectivity index (χ0n) is 13.5. The lowest BCUT2D eigenvalue weighted by Crippen LogP contribution is -2.34. The maximum Gasteiger partial charge on any atom is 0.338 e. The van der Waals surface area contributed by atoms with Gasteiger partial charge in [-0.15, -0.1) is 12.4 Å². The van der Waals surface area contributed by atoms with Crippen molar-refractivity contribution in [3.8, 4) is 0 Å². The predicted octanol–water partition coefficient (Wildman–Crippen LogP) is 1.56. The van der Waals surface area contributed by atoms with Gasteiger partial charge in [-0.05, 0) is 43.0 Å². The highest BCUT2D eigenvalue weighted by atomic mass is 35.5. The summed E-state index contributed by atoms with van der Waals surface area (Å²) in [7, 11) is -2.36. The number of ether oxygens (including phenoxy) is 1. The highest BCUT2D eigenvalue weighted by Gasteiger charge is 2.39. The Labute approximate surface area is 143 Å². The molecule has 23 heavy (non-hydrogen) atoms. The summed E-state index contributed by atoms with van der Waals surface area (Å²) in [6.45, 7) is 5.01. The maximum absolute atomic E-state index is 12.7. The first-order chi connectivity index (χ1) is 10.2. The van der Waals surface area contributed by atoms with Crippen molar-refractivity contribution in [2.45, 2.75) is 25.2 Å². The second-order valence-corrected chi connectivity index (χ2v) is 8.01. The van der Waals surface area contributed by atoms with Gasteiger partial charge in [0.05, 0.1) is 17.6 Å². The molecule has 130 valence electrons.